The van der Waals surface area contributed by atoms with Crippen LogP contribution in [0.1, 0.15) is 5.56 Å². The highest BCUT2D eigenvalue weighted by molar-refractivity contribution is 6.31. The van der Waals surface area contributed by atoms with E-state index in [2.05, 4.69) is 0 Å². The Morgan fingerprint density at radius 3 is 2.05 bits per heavy atom. The second kappa shape index (κ2) is 7.20. The van der Waals surface area contributed by atoms with Crippen LogP contribution in [0.2, 0.25) is 5.02 Å². The smallest absolute Gasteiger partial charge is 0.134 e. The summed E-state index contributed by atoms with van der Waals surface area (Å²) in [6.45, 7) is 0.563. The SMILES string of the molecule is COc1cc(OC)cc(Oc2ccc(CCN)c(Cl)c2)c1. The van der Waals surface area contributed by atoms with Crippen molar-refractivity contribution >= 4 is 11.6 Å². The van der Waals surface area contributed by atoms with Crippen molar-refractivity contribution in [3.05, 3.63) is 47.0 Å². The van der Waals surface area contributed by atoms with Gasteiger partial charge in [-0.3, -0.25) is 0 Å². The zero-order valence-electron chi connectivity index (χ0n) is 12.1. The average Bonchev–Trinajstić information content (AvgIpc) is 2.49. The summed E-state index contributed by atoms with van der Waals surface area (Å²) in [7, 11) is 3.19. The highest BCUT2D eigenvalue weighted by Gasteiger charge is 2.06. The highest BCUT2D eigenvalue weighted by atomic mass is 35.5. The Morgan fingerprint density at radius 1 is 0.905 bits per heavy atom. The van der Waals surface area contributed by atoms with E-state index in [-0.39, 0.29) is 0 Å². The fraction of sp³-hybridized carbons (Fsp3) is 0.250. The van der Waals surface area contributed by atoms with Gasteiger partial charge in [0, 0.05) is 23.2 Å². The number of methoxy groups -OCH3 is 2. The fourth-order valence-electron chi connectivity index (χ4n) is 1.93. The minimum Gasteiger partial charge on any atom is -0.496 e. The van der Waals surface area contributed by atoms with E-state index in [4.69, 9.17) is 31.5 Å². The number of benzene rings is 2. The van der Waals surface area contributed by atoms with Crippen LogP contribution in [0.4, 0.5) is 0 Å². The summed E-state index contributed by atoms with van der Waals surface area (Å²) >= 11 is 6.21. The molecule has 0 spiro atoms. The molecule has 0 aromatic heterocycles. The van der Waals surface area contributed by atoms with Gasteiger partial charge in [-0.2, -0.15) is 0 Å². The minimum atomic E-state index is 0.563. The molecule has 0 fully saturated rings. The monoisotopic (exact) mass is 307 g/mol. The van der Waals surface area contributed by atoms with E-state index in [0.29, 0.717) is 34.6 Å². The first kappa shape index (κ1) is 15.5. The Labute approximate surface area is 129 Å². The Hall–Kier alpha value is -1.91. The van der Waals surface area contributed by atoms with E-state index in [1.54, 1.807) is 38.5 Å². The summed E-state index contributed by atoms with van der Waals surface area (Å²) in [4.78, 5) is 0. The summed E-state index contributed by atoms with van der Waals surface area (Å²) in [5, 5.41) is 0.646. The fourth-order valence-corrected chi connectivity index (χ4v) is 2.19. The predicted octanol–water partition coefficient (Wildman–Crippen LogP) is 3.65. The van der Waals surface area contributed by atoms with Crippen LogP contribution in [-0.4, -0.2) is 20.8 Å². The van der Waals surface area contributed by atoms with Gasteiger partial charge in [0.15, 0.2) is 0 Å². The topological polar surface area (TPSA) is 53.7 Å². The summed E-state index contributed by atoms with van der Waals surface area (Å²) < 4.78 is 16.2. The van der Waals surface area contributed by atoms with Crippen LogP contribution in [0.5, 0.6) is 23.0 Å². The zero-order chi connectivity index (χ0) is 15.2. The molecular weight excluding hydrogens is 290 g/mol. The number of nitrogens with two attached hydrogens (primary N) is 1. The molecule has 0 aliphatic rings. The molecule has 0 aliphatic heterocycles. The molecule has 4 nitrogen and oxygen atoms in total. The standard InChI is InChI=1S/C16H18ClNO3/c1-19-13-7-14(20-2)9-15(8-13)21-12-4-3-11(5-6-18)16(17)10-12/h3-4,7-10H,5-6,18H2,1-2H3. The molecule has 5 heteroatoms. The largest absolute Gasteiger partial charge is 0.496 e. The molecule has 0 bridgehead atoms. The van der Waals surface area contributed by atoms with Crippen LogP contribution in [-0.2, 0) is 6.42 Å². The highest BCUT2D eigenvalue weighted by Crippen LogP contribution is 2.32. The van der Waals surface area contributed by atoms with Gasteiger partial charge in [0.25, 0.3) is 0 Å². The van der Waals surface area contributed by atoms with Gasteiger partial charge in [-0.15, -0.1) is 0 Å². The average molecular weight is 308 g/mol. The summed E-state index contributed by atoms with van der Waals surface area (Å²) in [6, 6.07) is 10.9. The lowest BCUT2D eigenvalue weighted by molar-refractivity contribution is 0.386. The maximum Gasteiger partial charge on any atom is 0.134 e. The third-order valence-corrected chi connectivity index (χ3v) is 3.35. The second-order valence-electron chi connectivity index (χ2n) is 4.44. The Kier molecular flexibility index (Phi) is 5.31. The first-order valence-corrected chi connectivity index (χ1v) is 6.93. The molecule has 112 valence electrons. The molecule has 2 N–H and O–H groups in total. The van der Waals surface area contributed by atoms with Gasteiger partial charge in [0.2, 0.25) is 0 Å². The van der Waals surface area contributed by atoms with E-state index < -0.39 is 0 Å². The molecular formula is C16H18ClNO3. The first-order valence-electron chi connectivity index (χ1n) is 6.55. The lowest BCUT2D eigenvalue weighted by atomic mass is 10.1. The molecule has 0 radical (unpaired) electrons. The van der Waals surface area contributed by atoms with E-state index in [0.717, 1.165) is 12.0 Å². The number of rotatable bonds is 6. The van der Waals surface area contributed by atoms with Gasteiger partial charge in [-0.05, 0) is 30.7 Å². The molecule has 2 aromatic carbocycles. The predicted molar refractivity (Wildman–Crippen MR) is 83.8 cm³/mol. The van der Waals surface area contributed by atoms with Crippen molar-refractivity contribution in [3.63, 3.8) is 0 Å². The van der Waals surface area contributed by atoms with Crippen LogP contribution in [0.25, 0.3) is 0 Å². The lowest BCUT2D eigenvalue weighted by Gasteiger charge is -2.11. The van der Waals surface area contributed by atoms with E-state index in [1.165, 1.54) is 0 Å². The molecule has 0 saturated carbocycles. The van der Waals surface area contributed by atoms with Crippen molar-refractivity contribution in [2.24, 2.45) is 5.73 Å². The normalized spacial score (nSPS) is 10.3. The van der Waals surface area contributed by atoms with Crippen molar-refractivity contribution in [1.29, 1.82) is 0 Å². The lowest BCUT2D eigenvalue weighted by Crippen LogP contribution is -2.03. The minimum absolute atomic E-state index is 0.563. The van der Waals surface area contributed by atoms with Gasteiger partial charge >= 0.3 is 0 Å². The maximum absolute atomic E-state index is 6.21. The molecule has 0 saturated heterocycles. The van der Waals surface area contributed by atoms with E-state index in [1.807, 2.05) is 12.1 Å². The second-order valence-corrected chi connectivity index (χ2v) is 4.85. The Bertz CT molecular complexity index is 594. The summed E-state index contributed by atoms with van der Waals surface area (Å²) in [6.07, 6.45) is 0.742. The molecule has 0 unspecified atom stereocenters. The van der Waals surface area contributed by atoms with Crippen molar-refractivity contribution < 1.29 is 14.2 Å². The molecule has 0 amide bonds. The number of ether oxygens (including phenoxy) is 3. The van der Waals surface area contributed by atoms with Crippen LogP contribution in [0.3, 0.4) is 0 Å². The maximum atomic E-state index is 6.21. The van der Waals surface area contributed by atoms with Gasteiger partial charge in [-0.1, -0.05) is 17.7 Å². The molecule has 0 atom stereocenters. The van der Waals surface area contributed by atoms with Crippen molar-refractivity contribution in [3.8, 4) is 23.0 Å². The number of hydrogen-bond donors (Lipinski definition) is 1. The Morgan fingerprint density at radius 2 is 1.52 bits per heavy atom. The molecule has 0 heterocycles. The summed E-state index contributed by atoms with van der Waals surface area (Å²) in [5.41, 5.74) is 6.55. The van der Waals surface area contributed by atoms with Gasteiger partial charge < -0.3 is 19.9 Å². The Balaban J connectivity index is 2.23. The first-order chi connectivity index (χ1) is 10.2. The van der Waals surface area contributed by atoms with Gasteiger partial charge in [0.05, 0.1) is 14.2 Å². The molecule has 21 heavy (non-hydrogen) atoms. The van der Waals surface area contributed by atoms with Crippen LogP contribution < -0.4 is 19.9 Å². The van der Waals surface area contributed by atoms with E-state index >= 15 is 0 Å². The molecule has 2 aromatic rings. The number of halogens is 1. The molecule has 2 rings (SSSR count). The van der Waals surface area contributed by atoms with Gasteiger partial charge in [0.1, 0.15) is 23.0 Å². The van der Waals surface area contributed by atoms with Crippen molar-refractivity contribution in [2.45, 2.75) is 6.42 Å². The zero-order valence-corrected chi connectivity index (χ0v) is 12.8. The van der Waals surface area contributed by atoms with Crippen LogP contribution in [0.15, 0.2) is 36.4 Å². The molecule has 0 aliphatic carbocycles. The van der Waals surface area contributed by atoms with Crippen molar-refractivity contribution in [1.82, 2.24) is 0 Å². The third-order valence-electron chi connectivity index (χ3n) is 3.00. The third kappa shape index (κ3) is 4.03. The van der Waals surface area contributed by atoms with Crippen LogP contribution in [0, 0.1) is 0 Å². The van der Waals surface area contributed by atoms with Gasteiger partial charge in [-0.25, -0.2) is 0 Å². The summed E-state index contributed by atoms with van der Waals surface area (Å²) in [5.74, 6) is 2.59. The van der Waals surface area contributed by atoms with Crippen molar-refractivity contribution in [2.75, 3.05) is 20.8 Å². The van der Waals surface area contributed by atoms with Crippen LogP contribution >= 0.6 is 11.6 Å². The van der Waals surface area contributed by atoms with E-state index in [9.17, 15) is 0 Å². The number of hydrogen-bond acceptors (Lipinski definition) is 4. The quantitative estimate of drug-likeness (QED) is 0.885.